The highest BCUT2D eigenvalue weighted by Gasteiger charge is 2.30. The topological polar surface area (TPSA) is 61.5 Å². The molecule has 2 aromatic rings. The maximum absolute atomic E-state index is 12.7. The van der Waals surface area contributed by atoms with Crippen LogP contribution in [-0.4, -0.2) is 71.3 Å². The van der Waals surface area contributed by atoms with Crippen LogP contribution in [0.4, 0.5) is 0 Å². The van der Waals surface area contributed by atoms with Gasteiger partial charge in [-0.1, -0.05) is 28.1 Å². The lowest BCUT2D eigenvalue weighted by atomic mass is 10.1. The van der Waals surface area contributed by atoms with Gasteiger partial charge in [0.05, 0.1) is 24.9 Å². The molecule has 0 spiro atoms. The highest BCUT2D eigenvalue weighted by atomic mass is 79.9. The summed E-state index contributed by atoms with van der Waals surface area (Å²) in [7, 11) is 0. The predicted molar refractivity (Wildman–Crippen MR) is 93.8 cm³/mol. The molecule has 6 nitrogen and oxygen atoms in total. The number of hydrogen-bond acceptors (Lipinski definition) is 4. The smallest absolute Gasteiger partial charge is 0.271 e. The second-order valence-corrected chi connectivity index (χ2v) is 7.11. The van der Waals surface area contributed by atoms with E-state index in [1.807, 2.05) is 35.2 Å². The van der Waals surface area contributed by atoms with E-state index in [-0.39, 0.29) is 5.91 Å². The molecule has 1 aromatic heterocycles. The molecule has 0 saturated carbocycles. The van der Waals surface area contributed by atoms with Crippen molar-refractivity contribution in [3.05, 3.63) is 40.5 Å². The van der Waals surface area contributed by atoms with Crippen LogP contribution in [0.1, 0.15) is 10.5 Å². The minimum Gasteiger partial charge on any atom is -0.378 e. The molecule has 2 fully saturated rings. The molecule has 3 heterocycles. The van der Waals surface area contributed by atoms with Crippen molar-refractivity contribution in [2.75, 3.05) is 39.4 Å². The lowest BCUT2D eigenvalue weighted by molar-refractivity contribution is -0.0746. The first-order valence-corrected chi connectivity index (χ1v) is 8.92. The Balaban J connectivity index is 1.41. The highest BCUT2D eigenvalue weighted by Crippen LogP contribution is 2.21. The number of benzene rings is 1. The Kier molecular flexibility index (Phi) is 4.39. The first-order valence-electron chi connectivity index (χ1n) is 8.13. The predicted octanol–water partition coefficient (Wildman–Crippen LogP) is 2.00. The molecule has 0 atom stereocenters. The van der Waals surface area contributed by atoms with Gasteiger partial charge in [-0.25, -0.2) is 0 Å². The number of halogens is 1. The second-order valence-electron chi connectivity index (χ2n) is 6.19. The molecule has 1 aromatic carbocycles. The van der Waals surface area contributed by atoms with Crippen LogP contribution < -0.4 is 0 Å². The van der Waals surface area contributed by atoms with Crippen molar-refractivity contribution in [2.45, 2.75) is 6.04 Å². The third kappa shape index (κ3) is 3.11. The number of amides is 1. The average molecular weight is 391 g/mol. The fourth-order valence-electron chi connectivity index (χ4n) is 3.09. The molecule has 126 valence electrons. The highest BCUT2D eigenvalue weighted by molar-refractivity contribution is 9.10. The Morgan fingerprint density at radius 2 is 1.88 bits per heavy atom. The SMILES string of the molecule is O=C(c1cc(-c2ccc(Br)cc2)n[nH]1)N1CCN(C2COC2)CC1. The lowest BCUT2D eigenvalue weighted by Crippen LogP contribution is -2.57. The zero-order chi connectivity index (χ0) is 16.5. The number of piperazine rings is 1. The zero-order valence-electron chi connectivity index (χ0n) is 13.2. The fourth-order valence-corrected chi connectivity index (χ4v) is 3.36. The van der Waals surface area contributed by atoms with Gasteiger partial charge in [-0.3, -0.25) is 14.8 Å². The Hall–Kier alpha value is -1.70. The van der Waals surface area contributed by atoms with E-state index in [1.165, 1.54) is 0 Å². The van der Waals surface area contributed by atoms with Crippen molar-refractivity contribution in [1.29, 1.82) is 0 Å². The molecule has 24 heavy (non-hydrogen) atoms. The van der Waals surface area contributed by atoms with Gasteiger partial charge in [0.25, 0.3) is 5.91 Å². The largest absolute Gasteiger partial charge is 0.378 e. The molecule has 1 amide bonds. The van der Waals surface area contributed by atoms with E-state index in [0.717, 1.165) is 55.1 Å². The second kappa shape index (κ2) is 6.66. The van der Waals surface area contributed by atoms with Gasteiger partial charge in [0.1, 0.15) is 5.69 Å². The fraction of sp³-hybridized carbons (Fsp3) is 0.412. The van der Waals surface area contributed by atoms with E-state index in [1.54, 1.807) is 0 Å². The number of rotatable bonds is 3. The van der Waals surface area contributed by atoms with Crippen molar-refractivity contribution >= 4 is 21.8 Å². The van der Waals surface area contributed by atoms with E-state index in [4.69, 9.17) is 4.74 Å². The van der Waals surface area contributed by atoms with Gasteiger partial charge in [-0.15, -0.1) is 0 Å². The summed E-state index contributed by atoms with van der Waals surface area (Å²) >= 11 is 3.42. The maximum atomic E-state index is 12.7. The van der Waals surface area contributed by atoms with Gasteiger partial charge in [-0.2, -0.15) is 5.10 Å². The first-order chi connectivity index (χ1) is 11.7. The summed E-state index contributed by atoms with van der Waals surface area (Å²) in [6.45, 7) is 4.97. The Morgan fingerprint density at radius 3 is 2.50 bits per heavy atom. The van der Waals surface area contributed by atoms with Crippen molar-refractivity contribution in [3.63, 3.8) is 0 Å². The van der Waals surface area contributed by atoms with Gasteiger partial charge in [-0.05, 0) is 18.2 Å². The normalized spacial score (nSPS) is 19.3. The van der Waals surface area contributed by atoms with E-state index in [2.05, 4.69) is 31.0 Å². The number of H-pyrrole nitrogens is 1. The first kappa shape index (κ1) is 15.8. The summed E-state index contributed by atoms with van der Waals surface area (Å²) in [6.07, 6.45) is 0. The standard InChI is InChI=1S/C17H19BrN4O2/c18-13-3-1-12(2-4-13)15-9-16(20-19-15)17(23)22-7-5-21(6-8-22)14-10-24-11-14/h1-4,9,14H,5-8,10-11H2,(H,19,20). The van der Waals surface area contributed by atoms with E-state index in [9.17, 15) is 4.79 Å². The third-order valence-electron chi connectivity index (χ3n) is 4.69. The molecule has 2 saturated heterocycles. The van der Waals surface area contributed by atoms with Crippen molar-refractivity contribution < 1.29 is 9.53 Å². The molecule has 4 rings (SSSR count). The van der Waals surface area contributed by atoms with Crippen LogP contribution in [0.25, 0.3) is 11.3 Å². The zero-order valence-corrected chi connectivity index (χ0v) is 14.8. The number of aromatic nitrogens is 2. The quantitative estimate of drug-likeness (QED) is 0.870. The monoisotopic (exact) mass is 390 g/mol. The molecule has 0 aliphatic carbocycles. The maximum Gasteiger partial charge on any atom is 0.271 e. The molecule has 2 aliphatic heterocycles. The third-order valence-corrected chi connectivity index (χ3v) is 5.22. The van der Waals surface area contributed by atoms with Crippen LogP contribution in [0.5, 0.6) is 0 Å². The molecule has 0 radical (unpaired) electrons. The van der Waals surface area contributed by atoms with Gasteiger partial charge in [0.15, 0.2) is 0 Å². The van der Waals surface area contributed by atoms with Crippen LogP contribution in [0.3, 0.4) is 0 Å². The summed E-state index contributed by atoms with van der Waals surface area (Å²) in [5.74, 6) is 0.0235. The molecular weight excluding hydrogens is 372 g/mol. The number of aromatic amines is 1. The van der Waals surface area contributed by atoms with Crippen molar-refractivity contribution in [1.82, 2.24) is 20.0 Å². The molecular formula is C17H19BrN4O2. The number of nitrogens with zero attached hydrogens (tertiary/aromatic N) is 3. The summed E-state index contributed by atoms with van der Waals surface area (Å²) < 4.78 is 6.27. The molecule has 1 N–H and O–H groups in total. The molecule has 0 bridgehead atoms. The molecule has 7 heteroatoms. The van der Waals surface area contributed by atoms with Gasteiger partial charge < -0.3 is 9.64 Å². The van der Waals surface area contributed by atoms with E-state index < -0.39 is 0 Å². The number of carbonyl (C=O) groups is 1. The van der Waals surface area contributed by atoms with Crippen molar-refractivity contribution in [3.8, 4) is 11.3 Å². The number of carbonyl (C=O) groups excluding carboxylic acids is 1. The summed E-state index contributed by atoms with van der Waals surface area (Å²) in [5.41, 5.74) is 2.33. The van der Waals surface area contributed by atoms with Crippen molar-refractivity contribution in [2.24, 2.45) is 0 Å². The molecule has 0 unspecified atom stereocenters. The number of hydrogen-bond donors (Lipinski definition) is 1. The Labute approximate surface area is 148 Å². The number of nitrogens with one attached hydrogen (secondary N) is 1. The van der Waals surface area contributed by atoms with Crippen LogP contribution in [0.15, 0.2) is 34.8 Å². The minimum absolute atomic E-state index is 0.0235. The summed E-state index contributed by atoms with van der Waals surface area (Å²) in [6, 6.07) is 10.3. The lowest BCUT2D eigenvalue weighted by Gasteiger charge is -2.42. The van der Waals surface area contributed by atoms with Crippen LogP contribution >= 0.6 is 15.9 Å². The number of ether oxygens (including phenoxy) is 1. The van der Waals surface area contributed by atoms with Gasteiger partial charge >= 0.3 is 0 Å². The average Bonchev–Trinajstić information content (AvgIpc) is 3.04. The van der Waals surface area contributed by atoms with E-state index in [0.29, 0.717) is 11.7 Å². The van der Waals surface area contributed by atoms with E-state index >= 15 is 0 Å². The Bertz CT molecular complexity index is 718. The Morgan fingerprint density at radius 1 is 1.17 bits per heavy atom. The molecule has 2 aliphatic rings. The minimum atomic E-state index is 0.0235. The van der Waals surface area contributed by atoms with Crippen LogP contribution in [0.2, 0.25) is 0 Å². The summed E-state index contributed by atoms with van der Waals surface area (Å²) in [5, 5.41) is 7.17. The van der Waals surface area contributed by atoms with Crippen LogP contribution in [-0.2, 0) is 4.74 Å². The van der Waals surface area contributed by atoms with Crippen LogP contribution in [0, 0.1) is 0 Å². The summed E-state index contributed by atoms with van der Waals surface area (Å²) in [4.78, 5) is 17.0. The van der Waals surface area contributed by atoms with Gasteiger partial charge in [0.2, 0.25) is 0 Å². The van der Waals surface area contributed by atoms with Gasteiger partial charge in [0, 0.05) is 36.2 Å².